The molecule has 0 bridgehead atoms. The van der Waals surface area contributed by atoms with E-state index in [1.807, 2.05) is 6.92 Å². The van der Waals surface area contributed by atoms with E-state index in [-0.39, 0.29) is 11.6 Å². The second-order valence-corrected chi connectivity index (χ2v) is 6.38. The molecule has 0 atom stereocenters. The maximum atomic E-state index is 13.4. The molecule has 8 nitrogen and oxygen atoms in total. The van der Waals surface area contributed by atoms with Gasteiger partial charge in [-0.05, 0) is 42.8 Å². The lowest BCUT2D eigenvalue weighted by molar-refractivity contribution is -0.384. The molecule has 0 saturated heterocycles. The van der Waals surface area contributed by atoms with Crippen molar-refractivity contribution in [1.82, 2.24) is 9.97 Å². The summed E-state index contributed by atoms with van der Waals surface area (Å²) < 4.78 is 45.7. The van der Waals surface area contributed by atoms with Gasteiger partial charge >= 0.3 is 6.18 Å². The Bertz CT molecular complexity index is 1040. The van der Waals surface area contributed by atoms with Gasteiger partial charge < -0.3 is 15.4 Å². The van der Waals surface area contributed by atoms with E-state index in [2.05, 4.69) is 20.6 Å². The van der Waals surface area contributed by atoms with Crippen LogP contribution in [0.15, 0.2) is 54.7 Å². The first kappa shape index (κ1) is 21.8. The molecule has 0 aliphatic heterocycles. The molecular weight excluding hydrogens is 415 g/mol. The zero-order valence-electron chi connectivity index (χ0n) is 16.3. The van der Waals surface area contributed by atoms with Crippen molar-refractivity contribution in [3.63, 3.8) is 0 Å². The molecule has 0 spiro atoms. The number of rotatable bonds is 8. The Labute approximate surface area is 175 Å². The van der Waals surface area contributed by atoms with Crippen molar-refractivity contribution < 1.29 is 22.8 Å². The molecule has 3 rings (SSSR count). The predicted molar refractivity (Wildman–Crippen MR) is 109 cm³/mol. The van der Waals surface area contributed by atoms with Crippen LogP contribution in [0.2, 0.25) is 0 Å². The van der Waals surface area contributed by atoms with Crippen LogP contribution in [0.25, 0.3) is 0 Å². The van der Waals surface area contributed by atoms with Gasteiger partial charge in [-0.3, -0.25) is 10.1 Å². The van der Waals surface area contributed by atoms with Crippen LogP contribution in [-0.2, 0) is 6.18 Å². The van der Waals surface area contributed by atoms with Gasteiger partial charge in [-0.15, -0.1) is 0 Å². The second kappa shape index (κ2) is 9.28. The van der Waals surface area contributed by atoms with E-state index in [1.54, 1.807) is 24.3 Å². The van der Waals surface area contributed by atoms with Crippen LogP contribution in [0.1, 0.15) is 18.9 Å². The third kappa shape index (κ3) is 5.81. The second-order valence-electron chi connectivity index (χ2n) is 6.38. The predicted octanol–water partition coefficient (Wildman–Crippen LogP) is 5.68. The van der Waals surface area contributed by atoms with Gasteiger partial charge in [0.05, 0.1) is 11.5 Å². The first-order valence-electron chi connectivity index (χ1n) is 9.22. The first-order chi connectivity index (χ1) is 14.8. The summed E-state index contributed by atoms with van der Waals surface area (Å²) in [5.41, 5.74) is -0.385. The van der Waals surface area contributed by atoms with Crippen LogP contribution in [0, 0.1) is 10.1 Å². The topological polar surface area (TPSA) is 102 Å². The van der Waals surface area contributed by atoms with E-state index in [1.165, 1.54) is 24.3 Å². The first-order valence-corrected chi connectivity index (χ1v) is 9.22. The SMILES string of the molecule is CCCOc1ccc(Nc2nc(Nc3ccc([N+](=O)[O-])cc3)ncc2C(F)(F)F)cc1. The summed E-state index contributed by atoms with van der Waals surface area (Å²) in [6.45, 7) is 2.50. The van der Waals surface area contributed by atoms with Crippen LogP contribution in [0.3, 0.4) is 0 Å². The molecule has 1 heterocycles. The van der Waals surface area contributed by atoms with Gasteiger partial charge in [0.1, 0.15) is 17.1 Å². The molecule has 0 radical (unpaired) electrons. The monoisotopic (exact) mass is 433 g/mol. The number of hydrogen-bond acceptors (Lipinski definition) is 7. The molecule has 1 aromatic heterocycles. The van der Waals surface area contributed by atoms with Crippen LogP contribution in [-0.4, -0.2) is 21.5 Å². The largest absolute Gasteiger partial charge is 0.494 e. The van der Waals surface area contributed by atoms with Crippen LogP contribution in [0.5, 0.6) is 5.75 Å². The van der Waals surface area contributed by atoms with E-state index in [4.69, 9.17) is 4.74 Å². The van der Waals surface area contributed by atoms with Crippen molar-refractivity contribution in [3.8, 4) is 5.75 Å². The summed E-state index contributed by atoms with van der Waals surface area (Å²) in [5.74, 6) is 0.0630. The minimum atomic E-state index is -4.67. The van der Waals surface area contributed by atoms with Gasteiger partial charge in [-0.1, -0.05) is 6.92 Å². The lowest BCUT2D eigenvalue weighted by Crippen LogP contribution is -2.12. The minimum absolute atomic E-state index is 0.104. The normalized spacial score (nSPS) is 11.1. The van der Waals surface area contributed by atoms with Gasteiger partial charge in [0.25, 0.3) is 5.69 Å². The molecule has 0 aliphatic carbocycles. The number of non-ortho nitro benzene ring substituents is 1. The molecule has 0 aliphatic rings. The molecule has 162 valence electrons. The molecular formula is C20H18F3N5O3. The Morgan fingerprint density at radius 3 is 2.23 bits per heavy atom. The Kier molecular flexibility index (Phi) is 6.53. The van der Waals surface area contributed by atoms with E-state index in [0.717, 1.165) is 6.42 Å². The van der Waals surface area contributed by atoms with Crippen LogP contribution < -0.4 is 15.4 Å². The highest BCUT2D eigenvalue weighted by molar-refractivity contribution is 5.63. The molecule has 2 N–H and O–H groups in total. The Hall–Kier alpha value is -3.89. The lowest BCUT2D eigenvalue weighted by Gasteiger charge is -2.15. The number of halogens is 3. The fourth-order valence-electron chi connectivity index (χ4n) is 2.53. The number of nitro benzene ring substituents is 1. The lowest BCUT2D eigenvalue weighted by atomic mass is 10.2. The fourth-order valence-corrected chi connectivity index (χ4v) is 2.53. The van der Waals surface area contributed by atoms with E-state index in [0.29, 0.717) is 29.9 Å². The Morgan fingerprint density at radius 2 is 1.65 bits per heavy atom. The third-order valence-corrected chi connectivity index (χ3v) is 4.02. The number of anilines is 4. The van der Waals surface area contributed by atoms with Crippen molar-refractivity contribution >= 4 is 28.8 Å². The number of alkyl halides is 3. The number of ether oxygens (including phenoxy) is 1. The maximum Gasteiger partial charge on any atom is 0.421 e. The van der Waals surface area contributed by atoms with E-state index < -0.39 is 22.5 Å². The molecule has 3 aromatic rings. The van der Waals surface area contributed by atoms with Crippen molar-refractivity contribution in [2.75, 3.05) is 17.2 Å². The number of nitrogens with one attached hydrogen (secondary N) is 2. The Morgan fingerprint density at radius 1 is 1.03 bits per heavy atom. The summed E-state index contributed by atoms with van der Waals surface area (Å²) in [6, 6.07) is 11.8. The van der Waals surface area contributed by atoms with Crippen LogP contribution in [0.4, 0.5) is 42.0 Å². The highest BCUT2D eigenvalue weighted by Crippen LogP contribution is 2.35. The summed E-state index contributed by atoms with van der Waals surface area (Å²) >= 11 is 0. The molecule has 0 amide bonds. The summed E-state index contributed by atoms with van der Waals surface area (Å²) in [4.78, 5) is 17.8. The van der Waals surface area contributed by atoms with Crippen molar-refractivity contribution in [3.05, 3.63) is 70.4 Å². The van der Waals surface area contributed by atoms with Crippen molar-refractivity contribution in [2.45, 2.75) is 19.5 Å². The Balaban J connectivity index is 1.84. The maximum absolute atomic E-state index is 13.4. The molecule has 0 unspecified atom stereocenters. The number of nitrogens with zero attached hydrogens (tertiary/aromatic N) is 3. The smallest absolute Gasteiger partial charge is 0.421 e. The summed E-state index contributed by atoms with van der Waals surface area (Å²) in [5, 5.41) is 16.1. The highest BCUT2D eigenvalue weighted by atomic mass is 19.4. The van der Waals surface area contributed by atoms with E-state index in [9.17, 15) is 23.3 Å². The molecule has 2 aromatic carbocycles. The quantitative estimate of drug-likeness (QED) is 0.348. The zero-order chi connectivity index (χ0) is 22.4. The number of aromatic nitrogens is 2. The standard InChI is InChI=1S/C20H18F3N5O3/c1-2-11-31-16-9-5-13(6-10-16)25-18-17(20(21,22)23)12-24-19(27-18)26-14-3-7-15(8-4-14)28(29)30/h3-10,12H,2,11H2,1H3,(H2,24,25,26,27). The molecule has 0 fully saturated rings. The zero-order valence-corrected chi connectivity index (χ0v) is 16.3. The van der Waals surface area contributed by atoms with Crippen molar-refractivity contribution in [1.29, 1.82) is 0 Å². The number of hydrogen-bond donors (Lipinski definition) is 2. The molecule has 0 saturated carbocycles. The van der Waals surface area contributed by atoms with E-state index >= 15 is 0 Å². The molecule has 11 heteroatoms. The van der Waals surface area contributed by atoms with Gasteiger partial charge in [0.2, 0.25) is 5.95 Å². The summed E-state index contributed by atoms with van der Waals surface area (Å²) in [6.07, 6.45) is -3.17. The van der Waals surface area contributed by atoms with Gasteiger partial charge in [0, 0.05) is 29.7 Å². The van der Waals surface area contributed by atoms with Crippen molar-refractivity contribution in [2.24, 2.45) is 0 Å². The van der Waals surface area contributed by atoms with Crippen LogP contribution >= 0.6 is 0 Å². The highest BCUT2D eigenvalue weighted by Gasteiger charge is 2.35. The third-order valence-electron chi connectivity index (χ3n) is 4.02. The fraction of sp³-hybridized carbons (Fsp3) is 0.200. The summed E-state index contributed by atoms with van der Waals surface area (Å²) in [7, 11) is 0. The van der Waals surface area contributed by atoms with Gasteiger partial charge in [-0.2, -0.15) is 18.2 Å². The number of nitro groups is 1. The average Bonchev–Trinajstić information content (AvgIpc) is 2.73. The van der Waals surface area contributed by atoms with Gasteiger partial charge in [-0.25, -0.2) is 4.98 Å². The van der Waals surface area contributed by atoms with Gasteiger partial charge in [0.15, 0.2) is 0 Å². The minimum Gasteiger partial charge on any atom is -0.494 e. The number of benzene rings is 2. The molecule has 31 heavy (non-hydrogen) atoms. The average molecular weight is 433 g/mol.